The monoisotopic (exact) mass is 957 g/mol. The number of hydrogen-bond donors (Lipinski definition) is 0. The number of aromatic nitrogens is 1. The van der Waals surface area contributed by atoms with E-state index in [0.717, 1.165) is 80.0 Å². The van der Waals surface area contributed by atoms with Crippen molar-refractivity contribution >= 4 is 147 Å². The number of furan rings is 1. The fraction of sp³-hybridized carbons (Fsp3) is 0.0303. The summed E-state index contributed by atoms with van der Waals surface area (Å²) in [4.78, 5) is 4.78. The van der Waals surface area contributed by atoms with Crippen molar-refractivity contribution < 1.29 is 4.42 Å². The summed E-state index contributed by atoms with van der Waals surface area (Å²) in [6.07, 6.45) is 8.82. The van der Waals surface area contributed by atoms with Gasteiger partial charge >= 0.3 is 0 Å². The lowest BCUT2D eigenvalue weighted by molar-refractivity contribution is 0.669. The Hall–Kier alpha value is -8.68. The molecular weight excluding hydrogens is 915 g/mol. The van der Waals surface area contributed by atoms with Crippen LogP contribution in [-0.2, 0) is 0 Å². The molecule has 15 rings (SSSR count). The second-order valence-corrected chi connectivity index (χ2v) is 20.9. The van der Waals surface area contributed by atoms with Crippen molar-refractivity contribution in [1.82, 2.24) is 4.57 Å². The minimum absolute atomic E-state index is 0.866. The fourth-order valence-electron chi connectivity index (χ4n) is 11.3. The molecule has 4 nitrogen and oxygen atoms in total. The molecule has 0 N–H and O–H groups in total. The molecule has 0 bridgehead atoms. The Kier molecular flexibility index (Phi) is 9.40. The first kappa shape index (κ1) is 41.1. The highest BCUT2D eigenvalue weighted by molar-refractivity contribution is 7.26. The van der Waals surface area contributed by atoms with E-state index in [0.29, 0.717) is 0 Å². The van der Waals surface area contributed by atoms with E-state index in [9.17, 15) is 0 Å². The molecule has 72 heavy (non-hydrogen) atoms. The molecule has 0 radical (unpaired) electrons. The van der Waals surface area contributed by atoms with E-state index in [1.807, 2.05) is 34.8 Å². The predicted molar refractivity (Wildman–Crippen MR) is 310 cm³/mol. The molecule has 0 spiro atoms. The van der Waals surface area contributed by atoms with Gasteiger partial charge in [-0.25, -0.2) is 0 Å². The van der Waals surface area contributed by atoms with Crippen LogP contribution < -0.4 is 9.80 Å². The molecule has 0 fully saturated rings. The average molecular weight is 958 g/mol. The number of anilines is 6. The number of thiophene rings is 2. The van der Waals surface area contributed by atoms with Gasteiger partial charge in [0, 0.05) is 108 Å². The highest BCUT2D eigenvalue weighted by Crippen LogP contribution is 2.47. The zero-order chi connectivity index (χ0) is 47.3. The molecule has 1 aliphatic rings. The Bertz CT molecular complexity index is 4430. The van der Waals surface area contributed by atoms with E-state index >= 15 is 0 Å². The van der Waals surface area contributed by atoms with Crippen LogP contribution in [0.4, 0.5) is 34.1 Å². The van der Waals surface area contributed by atoms with Crippen LogP contribution in [0.15, 0.2) is 241 Å². The maximum atomic E-state index is 6.50. The van der Waals surface area contributed by atoms with E-state index in [1.54, 1.807) is 0 Å². The van der Waals surface area contributed by atoms with Crippen LogP contribution in [0.25, 0.3) is 101 Å². The third-order valence-electron chi connectivity index (χ3n) is 14.6. The first-order chi connectivity index (χ1) is 35.7. The summed E-state index contributed by atoms with van der Waals surface area (Å²) in [5.74, 6) is 0. The zero-order valence-electron chi connectivity index (χ0n) is 39.0. The summed E-state index contributed by atoms with van der Waals surface area (Å²) >= 11 is 3.73. The van der Waals surface area contributed by atoms with Gasteiger partial charge in [-0.1, -0.05) is 127 Å². The number of hydrogen-bond acceptors (Lipinski definition) is 5. The van der Waals surface area contributed by atoms with Gasteiger partial charge in [0.25, 0.3) is 0 Å². The Labute approximate surface area is 423 Å². The van der Waals surface area contributed by atoms with Crippen molar-refractivity contribution in [3.8, 4) is 11.1 Å². The van der Waals surface area contributed by atoms with Gasteiger partial charge in [0.15, 0.2) is 0 Å². The maximum absolute atomic E-state index is 6.50. The second-order valence-electron chi connectivity index (χ2n) is 18.8. The molecule has 1 aliphatic carbocycles. The molecule has 340 valence electrons. The summed E-state index contributed by atoms with van der Waals surface area (Å²) in [6, 6.07) is 79.9. The summed E-state index contributed by atoms with van der Waals surface area (Å²) in [5, 5.41) is 10.0. The molecule has 0 saturated heterocycles. The quantitative estimate of drug-likeness (QED) is 0.152. The predicted octanol–water partition coefficient (Wildman–Crippen LogP) is 20.2. The van der Waals surface area contributed by atoms with Crippen molar-refractivity contribution in [2.75, 3.05) is 9.80 Å². The van der Waals surface area contributed by atoms with E-state index < -0.39 is 0 Å². The Morgan fingerprint density at radius 1 is 0.389 bits per heavy atom. The number of allylic oxidation sites excluding steroid dienone is 4. The number of rotatable bonds is 8. The maximum Gasteiger partial charge on any atom is 0.137 e. The minimum Gasteiger partial charge on any atom is -0.456 e. The highest BCUT2D eigenvalue weighted by Gasteiger charge is 2.23. The minimum atomic E-state index is 0.866. The van der Waals surface area contributed by atoms with Crippen molar-refractivity contribution in [2.45, 2.75) is 12.8 Å². The number of para-hydroxylation sites is 2. The van der Waals surface area contributed by atoms with Crippen LogP contribution in [0, 0.1) is 0 Å². The molecule has 6 heteroatoms. The lowest BCUT2D eigenvalue weighted by atomic mass is 10.0. The van der Waals surface area contributed by atoms with Gasteiger partial charge in [-0.05, 0) is 127 Å². The van der Waals surface area contributed by atoms with E-state index in [4.69, 9.17) is 4.42 Å². The van der Waals surface area contributed by atoms with Crippen molar-refractivity contribution in [2.24, 2.45) is 0 Å². The van der Waals surface area contributed by atoms with Gasteiger partial charge < -0.3 is 18.8 Å². The fourth-order valence-corrected chi connectivity index (χ4v) is 13.6. The van der Waals surface area contributed by atoms with Crippen LogP contribution in [-0.4, -0.2) is 4.57 Å². The number of fused-ring (bicyclic) bond motifs is 13. The van der Waals surface area contributed by atoms with E-state index in [2.05, 4.69) is 239 Å². The average Bonchev–Trinajstić information content (AvgIpc) is 4.20. The summed E-state index contributed by atoms with van der Waals surface area (Å²) in [5.41, 5.74) is 14.3. The molecular formula is C66H43N3OS2. The number of benzene rings is 10. The Morgan fingerprint density at radius 2 is 0.958 bits per heavy atom. The van der Waals surface area contributed by atoms with Crippen LogP contribution in [0.5, 0.6) is 0 Å². The second kappa shape index (κ2) is 16.5. The van der Waals surface area contributed by atoms with E-state index in [1.165, 1.54) is 67.8 Å². The standard InChI is InChI=1S/C66H43N3OS2/c1-3-17-44(18-4-1)67(48-29-32-51-56-35-36-63-65(57-25-9-12-28-62(57)71-63)66(56)69(58(51)39-48)45-19-5-2-6-20-45)46-21-13-15-42(37-46)43-16-14-22-47(38-43)68(49-30-33-53-52-23-7-10-26-59(52)70-60(53)40-49)50-31-34-55-54-24-8-11-27-61(54)72-64(55)41-50/h1-5,7-19,21-41H,6,20H2. The van der Waals surface area contributed by atoms with Crippen molar-refractivity contribution in [1.29, 1.82) is 0 Å². The summed E-state index contributed by atoms with van der Waals surface area (Å²) in [7, 11) is 0. The van der Waals surface area contributed by atoms with Crippen molar-refractivity contribution in [3.63, 3.8) is 0 Å². The molecule has 4 aromatic heterocycles. The van der Waals surface area contributed by atoms with Crippen LogP contribution >= 0.6 is 22.7 Å². The van der Waals surface area contributed by atoms with Gasteiger partial charge in [-0.15, -0.1) is 22.7 Å². The van der Waals surface area contributed by atoms with Gasteiger partial charge in [0.2, 0.25) is 0 Å². The first-order valence-electron chi connectivity index (χ1n) is 24.6. The summed E-state index contributed by atoms with van der Waals surface area (Å²) in [6.45, 7) is 0. The highest BCUT2D eigenvalue weighted by atomic mass is 32.1. The van der Waals surface area contributed by atoms with Crippen molar-refractivity contribution in [3.05, 3.63) is 237 Å². The first-order valence-corrected chi connectivity index (χ1v) is 26.2. The van der Waals surface area contributed by atoms with Gasteiger partial charge in [0.05, 0.1) is 11.0 Å². The van der Waals surface area contributed by atoms with Crippen LogP contribution in [0.1, 0.15) is 12.8 Å². The Balaban J connectivity index is 0.882. The van der Waals surface area contributed by atoms with Gasteiger partial charge in [-0.3, -0.25) is 0 Å². The third-order valence-corrected chi connectivity index (χ3v) is 16.9. The lowest BCUT2D eigenvalue weighted by Gasteiger charge is -2.27. The largest absolute Gasteiger partial charge is 0.456 e. The molecule has 0 amide bonds. The molecule has 4 heterocycles. The van der Waals surface area contributed by atoms with Gasteiger partial charge in [-0.2, -0.15) is 0 Å². The molecule has 0 atom stereocenters. The normalized spacial score (nSPS) is 12.9. The summed E-state index contributed by atoms with van der Waals surface area (Å²) < 4.78 is 14.3. The number of nitrogens with zero attached hydrogens (tertiary/aromatic N) is 3. The molecule has 14 aromatic rings. The van der Waals surface area contributed by atoms with Crippen LogP contribution in [0.3, 0.4) is 0 Å². The zero-order valence-corrected chi connectivity index (χ0v) is 40.6. The molecule has 0 unspecified atom stereocenters. The molecule has 0 saturated carbocycles. The third kappa shape index (κ3) is 6.57. The molecule has 0 aliphatic heterocycles. The topological polar surface area (TPSA) is 24.6 Å². The van der Waals surface area contributed by atoms with E-state index in [-0.39, 0.29) is 0 Å². The van der Waals surface area contributed by atoms with Crippen LogP contribution in [0.2, 0.25) is 0 Å². The molecule has 10 aromatic carbocycles. The Morgan fingerprint density at radius 3 is 1.74 bits per heavy atom. The smallest absolute Gasteiger partial charge is 0.137 e. The van der Waals surface area contributed by atoms with Gasteiger partial charge in [0.1, 0.15) is 11.2 Å². The lowest BCUT2D eigenvalue weighted by Crippen LogP contribution is -2.10. The SMILES string of the molecule is C1=CCCC(n2c3cc(N(c4ccccc4)c4cccc(-c5cccc(N(c6ccc7c(c6)oc6ccccc67)c6ccc7c(c6)sc6ccccc67)c5)c4)ccc3c3ccc4sc5ccccc5c4c32)=C1.